The molecule has 0 atom stereocenters. The third-order valence-corrected chi connectivity index (χ3v) is 3.61. The second-order valence-electron chi connectivity index (χ2n) is 5.37. The van der Waals surface area contributed by atoms with Crippen LogP contribution in [0.25, 0.3) is 11.3 Å². The van der Waals surface area contributed by atoms with Gasteiger partial charge < -0.3 is 10.1 Å². The molecule has 0 saturated carbocycles. The van der Waals surface area contributed by atoms with Crippen molar-refractivity contribution in [1.82, 2.24) is 25.0 Å². The highest BCUT2D eigenvalue weighted by atomic mass is 16.5. The summed E-state index contributed by atoms with van der Waals surface area (Å²) in [6.45, 7) is 3.62. The Morgan fingerprint density at radius 1 is 1.42 bits per heavy atom. The van der Waals surface area contributed by atoms with Gasteiger partial charge >= 0.3 is 0 Å². The van der Waals surface area contributed by atoms with Crippen LogP contribution in [0.1, 0.15) is 11.4 Å². The number of carbonyl (C=O) groups excluding carboxylic acids is 1. The molecule has 8 heteroatoms. The number of aryl methyl sites for hydroxylation is 2. The normalized spacial score (nSPS) is 10.6. The number of pyridine rings is 1. The SMILES string of the molecule is Cc1nn(C)c(C)c1OCC(=O)Nc1cc(-c2cccnc2)[nH]n1. The van der Waals surface area contributed by atoms with E-state index in [0.29, 0.717) is 11.6 Å². The predicted octanol–water partition coefficient (Wildman–Crippen LogP) is 1.84. The number of nitrogens with zero attached hydrogens (tertiary/aromatic N) is 4. The fourth-order valence-electron chi connectivity index (χ4n) is 2.34. The van der Waals surface area contributed by atoms with Crippen LogP contribution in [-0.2, 0) is 11.8 Å². The third kappa shape index (κ3) is 3.27. The molecule has 2 N–H and O–H groups in total. The second-order valence-corrected chi connectivity index (χ2v) is 5.37. The molecule has 0 unspecified atom stereocenters. The van der Waals surface area contributed by atoms with Gasteiger partial charge in [-0.15, -0.1) is 0 Å². The van der Waals surface area contributed by atoms with E-state index < -0.39 is 0 Å². The van der Waals surface area contributed by atoms with Crippen LogP contribution in [0.15, 0.2) is 30.6 Å². The zero-order valence-electron chi connectivity index (χ0n) is 13.7. The Hall–Kier alpha value is -3.16. The number of H-pyrrole nitrogens is 1. The molecule has 24 heavy (non-hydrogen) atoms. The lowest BCUT2D eigenvalue weighted by Gasteiger charge is -2.06. The Balaban J connectivity index is 1.60. The zero-order valence-corrected chi connectivity index (χ0v) is 13.7. The minimum Gasteiger partial charge on any atom is -0.480 e. The molecular weight excluding hydrogens is 308 g/mol. The van der Waals surface area contributed by atoms with Crippen molar-refractivity contribution in [1.29, 1.82) is 0 Å². The molecule has 1 amide bonds. The maximum absolute atomic E-state index is 12.0. The van der Waals surface area contributed by atoms with Crippen molar-refractivity contribution in [3.8, 4) is 17.0 Å². The van der Waals surface area contributed by atoms with Gasteiger partial charge in [0.05, 0.1) is 11.4 Å². The van der Waals surface area contributed by atoms with Gasteiger partial charge in [0.15, 0.2) is 18.2 Å². The molecule has 0 saturated heterocycles. The number of anilines is 1. The summed E-state index contributed by atoms with van der Waals surface area (Å²) < 4.78 is 7.29. The maximum Gasteiger partial charge on any atom is 0.263 e. The molecule has 8 nitrogen and oxygen atoms in total. The number of aromatic nitrogens is 5. The molecule has 0 spiro atoms. The van der Waals surface area contributed by atoms with Crippen molar-refractivity contribution in [2.24, 2.45) is 7.05 Å². The molecule has 3 heterocycles. The van der Waals surface area contributed by atoms with Crippen molar-refractivity contribution in [3.63, 3.8) is 0 Å². The van der Waals surface area contributed by atoms with E-state index in [0.717, 1.165) is 22.6 Å². The lowest BCUT2D eigenvalue weighted by Crippen LogP contribution is -2.20. The molecule has 0 bridgehead atoms. The standard InChI is InChI=1S/C16H18N6O2/c1-10-16(11(2)22(3)21-10)24-9-15(23)18-14-7-13(19-20-14)12-5-4-6-17-8-12/h4-8H,9H2,1-3H3,(H2,18,19,20,23). The van der Waals surface area contributed by atoms with Gasteiger partial charge in [0.2, 0.25) is 0 Å². The van der Waals surface area contributed by atoms with E-state index in [1.807, 2.05) is 33.0 Å². The van der Waals surface area contributed by atoms with Gasteiger partial charge in [-0.2, -0.15) is 10.2 Å². The number of ether oxygens (including phenoxy) is 1. The van der Waals surface area contributed by atoms with Crippen molar-refractivity contribution in [3.05, 3.63) is 42.0 Å². The summed E-state index contributed by atoms with van der Waals surface area (Å²) in [6, 6.07) is 5.49. The Morgan fingerprint density at radius 3 is 2.92 bits per heavy atom. The van der Waals surface area contributed by atoms with E-state index in [1.54, 1.807) is 23.1 Å². The molecule has 0 aliphatic rings. The third-order valence-electron chi connectivity index (χ3n) is 3.61. The fraction of sp³-hybridized carbons (Fsp3) is 0.250. The summed E-state index contributed by atoms with van der Waals surface area (Å²) in [5.41, 5.74) is 3.29. The van der Waals surface area contributed by atoms with E-state index in [1.165, 1.54) is 0 Å². The van der Waals surface area contributed by atoms with Crippen LogP contribution in [0.5, 0.6) is 5.75 Å². The average molecular weight is 326 g/mol. The molecule has 3 rings (SSSR count). The Bertz CT molecular complexity index is 853. The largest absolute Gasteiger partial charge is 0.480 e. The van der Waals surface area contributed by atoms with Crippen LogP contribution in [0.2, 0.25) is 0 Å². The van der Waals surface area contributed by atoms with E-state index >= 15 is 0 Å². The fourth-order valence-corrected chi connectivity index (χ4v) is 2.34. The number of nitrogens with one attached hydrogen (secondary N) is 2. The number of hydrogen-bond donors (Lipinski definition) is 2. The first kappa shape index (κ1) is 15.7. The minimum absolute atomic E-state index is 0.109. The Kier molecular flexibility index (Phi) is 4.28. The van der Waals surface area contributed by atoms with Gasteiger partial charge in [0.1, 0.15) is 5.69 Å². The Morgan fingerprint density at radius 2 is 2.25 bits per heavy atom. The van der Waals surface area contributed by atoms with Gasteiger partial charge in [-0.25, -0.2) is 0 Å². The van der Waals surface area contributed by atoms with Crippen molar-refractivity contribution in [2.45, 2.75) is 13.8 Å². The van der Waals surface area contributed by atoms with Crippen LogP contribution < -0.4 is 10.1 Å². The molecule has 0 aliphatic carbocycles. The summed E-state index contributed by atoms with van der Waals surface area (Å²) in [5.74, 6) is 0.773. The molecule has 0 radical (unpaired) electrons. The topological polar surface area (TPSA) is 97.7 Å². The van der Waals surface area contributed by atoms with E-state index in [2.05, 4.69) is 25.6 Å². The first-order chi connectivity index (χ1) is 11.5. The first-order valence-corrected chi connectivity index (χ1v) is 7.43. The molecule has 3 aromatic rings. The van der Waals surface area contributed by atoms with Gasteiger partial charge in [0, 0.05) is 31.1 Å². The van der Waals surface area contributed by atoms with Gasteiger partial charge in [-0.3, -0.25) is 19.6 Å². The predicted molar refractivity (Wildman–Crippen MR) is 88.6 cm³/mol. The monoisotopic (exact) mass is 326 g/mol. The van der Waals surface area contributed by atoms with Gasteiger partial charge in [0.25, 0.3) is 5.91 Å². The van der Waals surface area contributed by atoms with Crippen LogP contribution in [-0.4, -0.2) is 37.5 Å². The molecule has 3 aromatic heterocycles. The van der Waals surface area contributed by atoms with Gasteiger partial charge in [-0.05, 0) is 26.0 Å². The summed E-state index contributed by atoms with van der Waals surface area (Å²) in [5, 5.41) is 13.9. The molecule has 0 aliphatic heterocycles. The van der Waals surface area contributed by atoms with E-state index in [-0.39, 0.29) is 12.5 Å². The number of hydrogen-bond acceptors (Lipinski definition) is 5. The summed E-state index contributed by atoms with van der Waals surface area (Å²) in [7, 11) is 1.83. The van der Waals surface area contributed by atoms with Crippen LogP contribution >= 0.6 is 0 Å². The van der Waals surface area contributed by atoms with Crippen molar-refractivity contribution in [2.75, 3.05) is 11.9 Å². The highest BCUT2D eigenvalue weighted by Gasteiger charge is 2.13. The highest BCUT2D eigenvalue weighted by molar-refractivity contribution is 5.91. The lowest BCUT2D eigenvalue weighted by molar-refractivity contribution is -0.118. The summed E-state index contributed by atoms with van der Waals surface area (Å²) in [6.07, 6.45) is 3.42. The van der Waals surface area contributed by atoms with Crippen LogP contribution in [0.4, 0.5) is 5.82 Å². The van der Waals surface area contributed by atoms with Crippen molar-refractivity contribution >= 4 is 11.7 Å². The van der Waals surface area contributed by atoms with Crippen LogP contribution in [0.3, 0.4) is 0 Å². The first-order valence-electron chi connectivity index (χ1n) is 7.43. The van der Waals surface area contributed by atoms with Crippen LogP contribution in [0, 0.1) is 13.8 Å². The maximum atomic E-state index is 12.0. The lowest BCUT2D eigenvalue weighted by atomic mass is 10.2. The quantitative estimate of drug-likeness (QED) is 0.745. The zero-order chi connectivity index (χ0) is 17.1. The summed E-state index contributed by atoms with van der Waals surface area (Å²) in [4.78, 5) is 16.1. The smallest absolute Gasteiger partial charge is 0.263 e. The molecule has 0 aromatic carbocycles. The molecule has 124 valence electrons. The van der Waals surface area contributed by atoms with Gasteiger partial charge in [-0.1, -0.05) is 0 Å². The highest BCUT2D eigenvalue weighted by Crippen LogP contribution is 2.21. The van der Waals surface area contributed by atoms with E-state index in [9.17, 15) is 4.79 Å². The molecule has 0 fully saturated rings. The number of amides is 1. The van der Waals surface area contributed by atoms with E-state index in [4.69, 9.17) is 4.74 Å². The molecular formula is C16H18N6O2. The number of rotatable bonds is 5. The second kappa shape index (κ2) is 6.53. The minimum atomic E-state index is -0.290. The van der Waals surface area contributed by atoms with Crippen molar-refractivity contribution < 1.29 is 9.53 Å². The number of carbonyl (C=O) groups is 1. The number of aromatic amines is 1. The average Bonchev–Trinajstić information content (AvgIpc) is 3.12. The Labute approximate surface area is 138 Å². The summed E-state index contributed by atoms with van der Waals surface area (Å²) >= 11 is 0.